The van der Waals surface area contributed by atoms with E-state index in [0.29, 0.717) is 42.1 Å². The number of unbranched alkanes of at least 4 members (excludes halogenated alkanes) is 1. The summed E-state index contributed by atoms with van der Waals surface area (Å²) in [5.74, 6) is 0.357. The van der Waals surface area contributed by atoms with E-state index in [1.165, 1.54) is 6.08 Å². The van der Waals surface area contributed by atoms with Crippen molar-refractivity contribution < 1.29 is 24.2 Å². The highest BCUT2D eigenvalue weighted by Crippen LogP contribution is 2.27. The van der Waals surface area contributed by atoms with Crippen LogP contribution in [0, 0.1) is 6.92 Å². The minimum absolute atomic E-state index is 0.0725. The van der Waals surface area contributed by atoms with Gasteiger partial charge in [0.1, 0.15) is 18.5 Å². The van der Waals surface area contributed by atoms with Crippen molar-refractivity contribution in [1.82, 2.24) is 0 Å². The topological polar surface area (TPSA) is 123 Å². The maximum Gasteiger partial charge on any atom is 0.412 e. The van der Waals surface area contributed by atoms with Crippen LogP contribution in [0.15, 0.2) is 84.9 Å². The zero-order valence-electron chi connectivity index (χ0n) is 20.9. The van der Waals surface area contributed by atoms with E-state index in [1.54, 1.807) is 42.5 Å². The number of aliphatic hydroxyl groups is 1. The summed E-state index contributed by atoms with van der Waals surface area (Å²) >= 11 is 0. The highest BCUT2D eigenvalue weighted by Gasteiger charge is 2.17. The number of nitrogens with two attached hydrogens (primary N) is 1. The highest BCUT2D eigenvalue weighted by molar-refractivity contribution is 6.01. The van der Waals surface area contributed by atoms with Crippen molar-refractivity contribution in [2.45, 2.75) is 32.3 Å². The molecule has 3 aromatic rings. The Morgan fingerprint density at radius 2 is 1.73 bits per heavy atom. The fourth-order valence-corrected chi connectivity index (χ4v) is 3.55. The zero-order valence-corrected chi connectivity index (χ0v) is 20.9. The molecule has 0 fully saturated rings. The van der Waals surface area contributed by atoms with Gasteiger partial charge in [-0.3, -0.25) is 10.1 Å². The van der Waals surface area contributed by atoms with Crippen molar-refractivity contribution in [1.29, 1.82) is 0 Å². The molecule has 3 rings (SSSR count). The Morgan fingerprint density at radius 3 is 2.43 bits per heavy atom. The molecule has 0 spiro atoms. The van der Waals surface area contributed by atoms with Crippen LogP contribution in [0.25, 0.3) is 0 Å². The Balaban J connectivity index is 1.57. The maximum absolute atomic E-state index is 12.6. The number of carbonyl (C=O) groups excluding carboxylic acids is 2. The number of hydrogen-bond acceptors (Lipinski definition) is 6. The molecule has 194 valence electrons. The fourth-order valence-electron chi connectivity index (χ4n) is 3.55. The first-order valence-corrected chi connectivity index (χ1v) is 12.1. The third-order valence-corrected chi connectivity index (χ3v) is 5.48. The van der Waals surface area contributed by atoms with Crippen molar-refractivity contribution in [2.24, 2.45) is 0 Å². The zero-order chi connectivity index (χ0) is 26.5. The molecule has 0 aliphatic carbocycles. The number of anilines is 3. The smallest absolute Gasteiger partial charge is 0.412 e. The lowest BCUT2D eigenvalue weighted by Crippen LogP contribution is -2.17. The van der Waals surface area contributed by atoms with Crippen LogP contribution in [0.2, 0.25) is 0 Å². The van der Waals surface area contributed by atoms with Crippen molar-refractivity contribution in [2.75, 3.05) is 29.6 Å². The summed E-state index contributed by atoms with van der Waals surface area (Å²) in [6.07, 6.45) is 4.06. The molecule has 37 heavy (non-hydrogen) atoms. The highest BCUT2D eigenvalue weighted by atomic mass is 16.6. The average molecular weight is 504 g/mol. The monoisotopic (exact) mass is 503 g/mol. The van der Waals surface area contributed by atoms with Crippen LogP contribution >= 0.6 is 0 Å². The van der Waals surface area contributed by atoms with E-state index >= 15 is 0 Å². The summed E-state index contributed by atoms with van der Waals surface area (Å²) in [6, 6.07) is 21.7. The molecule has 8 nitrogen and oxygen atoms in total. The van der Waals surface area contributed by atoms with Crippen LogP contribution in [-0.2, 0) is 9.53 Å². The van der Waals surface area contributed by atoms with Crippen LogP contribution < -0.4 is 21.1 Å². The second-order valence-electron chi connectivity index (χ2n) is 8.44. The van der Waals surface area contributed by atoms with Gasteiger partial charge in [-0.15, -0.1) is 0 Å². The number of benzene rings is 3. The molecule has 0 bridgehead atoms. The van der Waals surface area contributed by atoms with E-state index < -0.39 is 12.2 Å². The van der Waals surface area contributed by atoms with E-state index in [9.17, 15) is 9.59 Å². The van der Waals surface area contributed by atoms with Gasteiger partial charge in [-0.2, -0.15) is 0 Å². The molecule has 0 aliphatic rings. The number of aryl methyl sites for hydroxylation is 1. The molecule has 8 heteroatoms. The second-order valence-corrected chi connectivity index (χ2v) is 8.44. The van der Waals surface area contributed by atoms with Crippen molar-refractivity contribution in [3.8, 4) is 5.75 Å². The minimum Gasteiger partial charge on any atom is -0.491 e. The quantitative estimate of drug-likeness (QED) is 0.145. The first kappa shape index (κ1) is 27.3. The third-order valence-electron chi connectivity index (χ3n) is 5.48. The lowest BCUT2D eigenvalue weighted by Gasteiger charge is -2.19. The minimum atomic E-state index is -0.551. The summed E-state index contributed by atoms with van der Waals surface area (Å²) in [6.45, 7) is 2.10. The maximum atomic E-state index is 12.6. The van der Waals surface area contributed by atoms with Gasteiger partial charge in [0.05, 0.1) is 18.0 Å². The van der Waals surface area contributed by atoms with Gasteiger partial charge in [-0.05, 0) is 74.2 Å². The van der Waals surface area contributed by atoms with Crippen molar-refractivity contribution in [3.63, 3.8) is 0 Å². The first-order valence-electron chi connectivity index (χ1n) is 12.1. The number of ether oxygens (including phenoxy) is 2. The molecule has 0 radical (unpaired) electrons. The van der Waals surface area contributed by atoms with Crippen LogP contribution in [0.4, 0.5) is 21.9 Å². The van der Waals surface area contributed by atoms with Gasteiger partial charge < -0.3 is 25.6 Å². The average Bonchev–Trinajstić information content (AvgIpc) is 2.89. The number of hydrogen-bond donors (Lipinski definition) is 4. The Bertz CT molecular complexity index is 1180. The summed E-state index contributed by atoms with van der Waals surface area (Å²) in [5.41, 5.74) is 9.48. The van der Waals surface area contributed by atoms with E-state index in [4.69, 9.17) is 20.3 Å². The molecular weight excluding hydrogens is 470 g/mol. The summed E-state index contributed by atoms with van der Waals surface area (Å²) < 4.78 is 11.2. The Labute approximate surface area is 217 Å². The second kappa shape index (κ2) is 14.3. The number of amides is 2. The SMILES string of the molecule is Cc1ccc(NC(=O)O[C@H](CCC/C=C/C(=O)Nc2ccccc2N)c2ccc(OCCO)cc2)cc1. The Kier molecular flexibility index (Phi) is 10.6. The van der Waals surface area contributed by atoms with Gasteiger partial charge >= 0.3 is 6.09 Å². The largest absolute Gasteiger partial charge is 0.491 e. The predicted octanol–water partition coefficient (Wildman–Crippen LogP) is 5.60. The van der Waals surface area contributed by atoms with E-state index in [-0.39, 0.29) is 19.1 Å². The molecular formula is C29H33N3O5. The summed E-state index contributed by atoms with van der Waals surface area (Å²) in [4.78, 5) is 24.8. The molecule has 3 aromatic carbocycles. The van der Waals surface area contributed by atoms with Gasteiger partial charge in [0.15, 0.2) is 0 Å². The molecule has 5 N–H and O–H groups in total. The van der Waals surface area contributed by atoms with Gasteiger partial charge in [0.2, 0.25) is 5.91 Å². The van der Waals surface area contributed by atoms with Crippen LogP contribution in [0.5, 0.6) is 5.75 Å². The van der Waals surface area contributed by atoms with Crippen LogP contribution in [0.1, 0.15) is 36.5 Å². The third kappa shape index (κ3) is 9.35. The number of para-hydroxylation sites is 2. The lowest BCUT2D eigenvalue weighted by atomic mass is 10.0. The van der Waals surface area contributed by atoms with Gasteiger partial charge in [0.25, 0.3) is 0 Å². The van der Waals surface area contributed by atoms with E-state index in [2.05, 4.69) is 10.6 Å². The Hall–Kier alpha value is -4.30. The molecule has 0 saturated heterocycles. The van der Waals surface area contributed by atoms with Crippen molar-refractivity contribution in [3.05, 3.63) is 96.1 Å². The fraction of sp³-hybridized carbons (Fsp3) is 0.241. The summed E-state index contributed by atoms with van der Waals surface area (Å²) in [7, 11) is 0. The van der Waals surface area contributed by atoms with Gasteiger partial charge in [-0.25, -0.2) is 4.79 Å². The molecule has 0 aromatic heterocycles. The number of allylic oxidation sites excluding steroid dienone is 1. The van der Waals surface area contributed by atoms with Gasteiger partial charge in [0, 0.05) is 5.69 Å². The molecule has 0 saturated carbocycles. The van der Waals surface area contributed by atoms with E-state index in [1.807, 2.05) is 43.3 Å². The number of carbonyl (C=O) groups is 2. The number of nitrogen functional groups attached to an aromatic ring is 1. The number of aliphatic hydroxyl groups excluding tert-OH is 1. The van der Waals surface area contributed by atoms with Crippen LogP contribution in [-0.4, -0.2) is 30.3 Å². The lowest BCUT2D eigenvalue weighted by molar-refractivity contribution is -0.111. The first-order chi connectivity index (χ1) is 17.9. The number of rotatable bonds is 12. The molecule has 1 atom stereocenters. The molecule has 0 aliphatic heterocycles. The standard InChI is InChI=1S/C29H33N3O5/c1-21-11-15-23(16-12-21)31-29(35)37-27(22-13-17-24(18-14-22)36-20-19-33)9-3-2-4-10-28(34)32-26-8-6-5-7-25(26)30/h4-8,10-18,27,33H,2-3,9,19-20,30H2,1H3,(H,31,35)(H,32,34)/b10-4+/t27-/m1/s1. The van der Waals surface area contributed by atoms with Crippen molar-refractivity contribution >= 4 is 29.1 Å². The van der Waals surface area contributed by atoms with Crippen LogP contribution in [0.3, 0.4) is 0 Å². The normalized spacial score (nSPS) is 11.6. The van der Waals surface area contributed by atoms with E-state index in [0.717, 1.165) is 11.1 Å². The molecule has 0 unspecified atom stereocenters. The Morgan fingerprint density at radius 1 is 1.00 bits per heavy atom. The van der Waals surface area contributed by atoms with Gasteiger partial charge in [-0.1, -0.05) is 48.0 Å². The predicted molar refractivity (Wildman–Crippen MR) is 146 cm³/mol. The molecule has 2 amide bonds. The molecule has 0 heterocycles. The number of nitrogens with one attached hydrogen (secondary N) is 2. The summed E-state index contributed by atoms with van der Waals surface area (Å²) in [5, 5.41) is 14.5.